The Kier molecular flexibility index (Phi) is 5.32. The van der Waals surface area contributed by atoms with Gasteiger partial charge in [0.05, 0.1) is 11.5 Å². The van der Waals surface area contributed by atoms with Gasteiger partial charge < -0.3 is 4.74 Å². The average Bonchev–Trinajstić information content (AvgIpc) is 2.37. The number of benzene rings is 1. The van der Waals surface area contributed by atoms with Gasteiger partial charge in [-0.2, -0.15) is 0 Å². The predicted octanol–water partition coefficient (Wildman–Crippen LogP) is 0.644. The predicted molar refractivity (Wildman–Crippen MR) is 70.2 cm³/mol. The third-order valence-electron chi connectivity index (χ3n) is 2.11. The molecule has 0 saturated heterocycles. The molecule has 0 radical (unpaired) electrons. The van der Waals surface area contributed by atoms with Crippen molar-refractivity contribution >= 4 is 22.1 Å². The van der Waals surface area contributed by atoms with Crippen molar-refractivity contribution in [3.8, 4) is 0 Å². The van der Waals surface area contributed by atoms with E-state index in [-0.39, 0.29) is 11.5 Å². The lowest BCUT2D eigenvalue weighted by Gasteiger charge is -2.09. The molecule has 1 aromatic carbocycles. The highest BCUT2D eigenvalue weighted by atomic mass is 32.2. The number of urea groups is 1. The van der Waals surface area contributed by atoms with E-state index in [4.69, 9.17) is 0 Å². The monoisotopic (exact) mass is 301 g/mol. The summed E-state index contributed by atoms with van der Waals surface area (Å²) >= 11 is 0. The minimum absolute atomic E-state index is 0.0608. The van der Waals surface area contributed by atoms with Gasteiger partial charge in [0.2, 0.25) is 0 Å². The Balaban J connectivity index is 2.60. The second kappa shape index (κ2) is 6.75. The Morgan fingerprint density at radius 2 is 1.75 bits per heavy atom. The summed E-state index contributed by atoms with van der Waals surface area (Å²) in [7, 11) is -3.99. The minimum atomic E-state index is -3.99. The van der Waals surface area contributed by atoms with Crippen LogP contribution in [-0.2, 0) is 14.8 Å². The lowest BCUT2D eigenvalue weighted by Crippen LogP contribution is -2.48. The molecular formula is C11H15N3O5S. The molecular weight excluding hydrogens is 286 g/mol. The normalized spacial score (nSPS) is 10.5. The lowest BCUT2D eigenvalue weighted by atomic mass is 10.2. The number of hydrogen-bond acceptors (Lipinski definition) is 5. The van der Waals surface area contributed by atoms with Crippen LogP contribution in [0.4, 0.5) is 9.59 Å². The molecule has 0 aliphatic carbocycles. The number of sulfonamides is 1. The smallest absolute Gasteiger partial charge is 0.426 e. The van der Waals surface area contributed by atoms with E-state index in [0.29, 0.717) is 0 Å². The van der Waals surface area contributed by atoms with Crippen LogP contribution in [0.2, 0.25) is 0 Å². The number of hydrogen-bond donors (Lipinski definition) is 3. The summed E-state index contributed by atoms with van der Waals surface area (Å²) in [6.45, 7) is 3.51. The van der Waals surface area contributed by atoms with Crippen LogP contribution >= 0.6 is 0 Å². The fourth-order valence-electron chi connectivity index (χ4n) is 1.20. The molecule has 0 spiro atoms. The van der Waals surface area contributed by atoms with Crippen molar-refractivity contribution in [3.63, 3.8) is 0 Å². The molecule has 110 valence electrons. The molecule has 0 aromatic heterocycles. The zero-order valence-electron chi connectivity index (χ0n) is 11.0. The van der Waals surface area contributed by atoms with Crippen LogP contribution in [0.3, 0.4) is 0 Å². The first kappa shape index (κ1) is 15.8. The van der Waals surface area contributed by atoms with Crippen LogP contribution in [0.15, 0.2) is 29.2 Å². The van der Waals surface area contributed by atoms with Gasteiger partial charge in [0.1, 0.15) is 0 Å². The zero-order chi connectivity index (χ0) is 15.2. The van der Waals surface area contributed by atoms with Gasteiger partial charge >= 0.3 is 12.1 Å². The molecule has 8 nitrogen and oxygen atoms in total. The number of rotatable bonds is 3. The summed E-state index contributed by atoms with van der Waals surface area (Å²) in [5.74, 6) is 0. The summed E-state index contributed by atoms with van der Waals surface area (Å²) in [5.41, 5.74) is 4.62. The van der Waals surface area contributed by atoms with Crippen molar-refractivity contribution in [2.24, 2.45) is 0 Å². The van der Waals surface area contributed by atoms with E-state index in [1.807, 2.05) is 10.9 Å². The van der Waals surface area contributed by atoms with Gasteiger partial charge in [0.25, 0.3) is 10.0 Å². The molecule has 0 bridgehead atoms. The van der Waals surface area contributed by atoms with Crippen molar-refractivity contribution in [2.75, 3.05) is 6.61 Å². The van der Waals surface area contributed by atoms with E-state index in [0.717, 1.165) is 5.56 Å². The number of carbonyl (C=O) groups excluding carboxylic acids is 2. The van der Waals surface area contributed by atoms with Gasteiger partial charge in [-0.05, 0) is 26.0 Å². The molecule has 9 heteroatoms. The summed E-state index contributed by atoms with van der Waals surface area (Å²) in [6.07, 6.45) is -0.893. The highest BCUT2D eigenvalue weighted by Crippen LogP contribution is 2.09. The first-order valence-corrected chi connectivity index (χ1v) is 7.15. The first-order valence-electron chi connectivity index (χ1n) is 5.67. The topological polar surface area (TPSA) is 114 Å². The number of ether oxygens (including phenoxy) is 1. The van der Waals surface area contributed by atoms with Crippen LogP contribution in [0.25, 0.3) is 0 Å². The van der Waals surface area contributed by atoms with Gasteiger partial charge in [0.15, 0.2) is 0 Å². The number of carbonyl (C=O) groups is 2. The average molecular weight is 301 g/mol. The van der Waals surface area contributed by atoms with E-state index < -0.39 is 22.1 Å². The maximum atomic E-state index is 11.8. The number of amides is 3. The van der Waals surface area contributed by atoms with Gasteiger partial charge in [-0.1, -0.05) is 17.7 Å². The third-order valence-corrected chi connectivity index (χ3v) is 3.46. The number of aryl methyl sites for hydroxylation is 1. The lowest BCUT2D eigenvalue weighted by molar-refractivity contribution is 0.147. The van der Waals surface area contributed by atoms with Crippen LogP contribution in [-0.4, -0.2) is 27.1 Å². The maximum absolute atomic E-state index is 11.8. The second-order valence-electron chi connectivity index (χ2n) is 3.72. The molecule has 0 saturated carbocycles. The Hall–Kier alpha value is -2.29. The van der Waals surface area contributed by atoms with Crippen molar-refractivity contribution in [2.45, 2.75) is 18.7 Å². The molecule has 1 aromatic rings. The fraction of sp³-hybridized carbons (Fsp3) is 0.273. The summed E-state index contributed by atoms with van der Waals surface area (Å²) in [5, 5.41) is 0. The molecule has 1 rings (SSSR count). The minimum Gasteiger partial charge on any atom is -0.449 e. The van der Waals surface area contributed by atoms with Crippen molar-refractivity contribution < 1.29 is 22.7 Å². The Morgan fingerprint density at radius 1 is 1.15 bits per heavy atom. The SMILES string of the molecule is CCOC(=O)NNC(=O)NS(=O)(=O)c1ccc(C)cc1. The van der Waals surface area contributed by atoms with Crippen LogP contribution in [0.1, 0.15) is 12.5 Å². The molecule has 20 heavy (non-hydrogen) atoms. The standard InChI is InChI=1S/C11H15N3O5S/c1-3-19-11(16)13-12-10(15)14-20(17,18)9-6-4-8(2)5-7-9/h4-7H,3H2,1-2H3,(H,13,16)(H2,12,14,15). The van der Waals surface area contributed by atoms with E-state index in [1.54, 1.807) is 30.7 Å². The third kappa shape index (κ3) is 4.76. The van der Waals surface area contributed by atoms with Gasteiger partial charge in [-0.3, -0.25) is 0 Å². The molecule has 0 fully saturated rings. The van der Waals surface area contributed by atoms with E-state index in [1.165, 1.54) is 12.1 Å². The van der Waals surface area contributed by atoms with Crippen molar-refractivity contribution in [1.29, 1.82) is 0 Å². The molecule has 0 heterocycles. The first-order chi connectivity index (χ1) is 9.35. The summed E-state index contributed by atoms with van der Waals surface area (Å²) in [6, 6.07) is 4.83. The Labute approximate surface area is 116 Å². The Bertz CT molecular complexity index is 583. The van der Waals surface area contributed by atoms with Crippen molar-refractivity contribution in [1.82, 2.24) is 15.6 Å². The summed E-state index contributed by atoms with van der Waals surface area (Å²) < 4.78 is 29.8. The number of hydrazine groups is 1. The van der Waals surface area contributed by atoms with Gasteiger partial charge in [-0.15, -0.1) is 0 Å². The van der Waals surface area contributed by atoms with Crippen LogP contribution < -0.4 is 15.6 Å². The molecule has 0 aliphatic heterocycles. The van der Waals surface area contributed by atoms with Gasteiger partial charge in [-0.25, -0.2) is 33.6 Å². The van der Waals surface area contributed by atoms with Crippen LogP contribution in [0.5, 0.6) is 0 Å². The molecule has 3 amide bonds. The molecule has 0 atom stereocenters. The Morgan fingerprint density at radius 3 is 2.30 bits per heavy atom. The van der Waals surface area contributed by atoms with E-state index in [9.17, 15) is 18.0 Å². The highest BCUT2D eigenvalue weighted by Gasteiger charge is 2.17. The van der Waals surface area contributed by atoms with Crippen molar-refractivity contribution in [3.05, 3.63) is 29.8 Å². The van der Waals surface area contributed by atoms with Crippen LogP contribution in [0, 0.1) is 6.92 Å². The fourth-order valence-corrected chi connectivity index (χ4v) is 2.11. The van der Waals surface area contributed by atoms with E-state index >= 15 is 0 Å². The summed E-state index contributed by atoms with van der Waals surface area (Å²) in [4.78, 5) is 22.2. The van der Waals surface area contributed by atoms with Gasteiger partial charge in [0, 0.05) is 0 Å². The highest BCUT2D eigenvalue weighted by molar-refractivity contribution is 7.90. The van der Waals surface area contributed by atoms with E-state index in [2.05, 4.69) is 4.74 Å². The maximum Gasteiger partial charge on any atom is 0.426 e. The molecule has 3 N–H and O–H groups in total. The number of nitrogens with one attached hydrogen (secondary N) is 3. The zero-order valence-corrected chi connectivity index (χ0v) is 11.8. The molecule has 0 aliphatic rings. The molecule has 0 unspecified atom stereocenters. The quantitative estimate of drug-likeness (QED) is 0.709. The second-order valence-corrected chi connectivity index (χ2v) is 5.40. The largest absolute Gasteiger partial charge is 0.449 e.